The van der Waals surface area contributed by atoms with Gasteiger partial charge in [0, 0.05) is 35.0 Å². The average molecular weight is 439 g/mol. The molecule has 3 atom stereocenters. The largest absolute Gasteiger partial charge is 0.356 e. The highest BCUT2D eigenvalue weighted by molar-refractivity contribution is 5.99. The molecule has 0 saturated carbocycles. The molecule has 172 valence electrons. The summed E-state index contributed by atoms with van der Waals surface area (Å²) in [4.78, 5) is 44.4. The first-order chi connectivity index (χ1) is 15.0. The summed E-state index contributed by atoms with van der Waals surface area (Å²) >= 11 is 0. The lowest BCUT2D eigenvalue weighted by Crippen LogP contribution is -2.66. The molecule has 0 spiro atoms. The van der Waals surface area contributed by atoms with E-state index < -0.39 is 12.1 Å². The molecule has 1 aromatic carbocycles. The van der Waals surface area contributed by atoms with Gasteiger partial charge in [-0.15, -0.1) is 0 Å². The summed E-state index contributed by atoms with van der Waals surface area (Å²) in [5.74, 6) is 0.0207. The lowest BCUT2D eigenvalue weighted by atomic mass is 9.85. The van der Waals surface area contributed by atoms with E-state index >= 15 is 0 Å². The first-order valence-corrected chi connectivity index (χ1v) is 11.6. The molecule has 3 heterocycles. The van der Waals surface area contributed by atoms with Crippen molar-refractivity contribution in [1.29, 1.82) is 0 Å². The third-order valence-corrected chi connectivity index (χ3v) is 6.29. The zero-order valence-electron chi connectivity index (χ0n) is 19.6. The molecule has 2 aliphatic heterocycles. The van der Waals surface area contributed by atoms with Crippen molar-refractivity contribution in [3.05, 3.63) is 35.5 Å². The number of amides is 3. The Hall–Kier alpha value is -2.83. The van der Waals surface area contributed by atoms with Crippen molar-refractivity contribution >= 4 is 28.6 Å². The van der Waals surface area contributed by atoms with Crippen LogP contribution in [0.3, 0.4) is 0 Å². The van der Waals surface area contributed by atoms with Crippen LogP contribution in [-0.2, 0) is 20.8 Å². The molecule has 2 aliphatic rings. The molecule has 1 aromatic heterocycles. The number of H-pyrrole nitrogens is 1. The third kappa shape index (κ3) is 4.25. The number of hydrogen-bond donors (Lipinski definition) is 3. The van der Waals surface area contributed by atoms with Crippen molar-refractivity contribution in [2.24, 2.45) is 5.92 Å². The van der Waals surface area contributed by atoms with Crippen molar-refractivity contribution in [1.82, 2.24) is 20.5 Å². The van der Waals surface area contributed by atoms with Gasteiger partial charge >= 0.3 is 0 Å². The van der Waals surface area contributed by atoms with Gasteiger partial charge in [-0.05, 0) is 51.2 Å². The Bertz CT molecular complexity index is 1050. The molecule has 3 amide bonds. The van der Waals surface area contributed by atoms with Gasteiger partial charge < -0.3 is 20.5 Å². The van der Waals surface area contributed by atoms with Crippen LogP contribution in [0, 0.1) is 5.92 Å². The maximum atomic E-state index is 13.6. The Morgan fingerprint density at radius 3 is 2.62 bits per heavy atom. The molecule has 1 saturated heterocycles. The van der Waals surface area contributed by atoms with Gasteiger partial charge in [-0.25, -0.2) is 0 Å². The van der Waals surface area contributed by atoms with Crippen LogP contribution >= 0.6 is 0 Å². The minimum atomic E-state index is -0.676. The van der Waals surface area contributed by atoms with E-state index in [9.17, 15) is 14.4 Å². The summed E-state index contributed by atoms with van der Waals surface area (Å²) in [5.41, 5.74) is 2.89. The normalized spacial score (nSPS) is 23.2. The minimum absolute atomic E-state index is 0.0897. The fourth-order valence-corrected chi connectivity index (χ4v) is 5.04. The van der Waals surface area contributed by atoms with Crippen molar-refractivity contribution in [3.8, 4) is 0 Å². The molecule has 7 nitrogen and oxygen atoms in total. The van der Waals surface area contributed by atoms with Gasteiger partial charge in [0.15, 0.2) is 0 Å². The zero-order chi connectivity index (χ0) is 23.2. The number of para-hydroxylation sites is 1. The highest BCUT2D eigenvalue weighted by atomic mass is 16.2. The molecular formula is C25H34N4O3. The molecule has 32 heavy (non-hydrogen) atoms. The topological polar surface area (TPSA) is 94.3 Å². The number of rotatable bonds is 5. The van der Waals surface area contributed by atoms with Crippen molar-refractivity contribution < 1.29 is 14.4 Å². The van der Waals surface area contributed by atoms with Gasteiger partial charge in [-0.3, -0.25) is 14.4 Å². The van der Waals surface area contributed by atoms with Crippen LogP contribution in [0.25, 0.3) is 10.9 Å². The summed E-state index contributed by atoms with van der Waals surface area (Å²) in [6.07, 6.45) is 1.76. The summed E-state index contributed by atoms with van der Waals surface area (Å²) < 4.78 is 0. The smallest absolute Gasteiger partial charge is 0.246 e. The predicted octanol–water partition coefficient (Wildman–Crippen LogP) is 3.20. The molecule has 4 rings (SSSR count). The first kappa shape index (κ1) is 22.4. The zero-order valence-corrected chi connectivity index (χ0v) is 19.6. The Balaban J connectivity index is 1.63. The van der Waals surface area contributed by atoms with E-state index in [1.807, 2.05) is 39.0 Å². The lowest BCUT2D eigenvalue weighted by molar-refractivity contribution is -0.154. The lowest BCUT2D eigenvalue weighted by Gasteiger charge is -2.46. The van der Waals surface area contributed by atoms with Gasteiger partial charge in [0.05, 0.1) is 6.04 Å². The van der Waals surface area contributed by atoms with Gasteiger partial charge in [-0.2, -0.15) is 0 Å². The summed E-state index contributed by atoms with van der Waals surface area (Å²) in [6, 6.07) is 6.74. The second kappa shape index (κ2) is 8.26. The molecule has 0 bridgehead atoms. The Kier molecular flexibility index (Phi) is 5.77. The van der Waals surface area contributed by atoms with E-state index in [1.165, 1.54) is 0 Å². The fraction of sp³-hybridized carbons (Fsp3) is 0.560. The Morgan fingerprint density at radius 2 is 1.94 bits per heavy atom. The number of benzene rings is 1. The maximum Gasteiger partial charge on any atom is 0.246 e. The molecule has 7 heteroatoms. The summed E-state index contributed by atoms with van der Waals surface area (Å²) in [7, 11) is 0. The highest BCUT2D eigenvalue weighted by Gasteiger charge is 2.48. The predicted molar refractivity (Wildman–Crippen MR) is 124 cm³/mol. The van der Waals surface area contributed by atoms with Gasteiger partial charge in [0.1, 0.15) is 12.1 Å². The van der Waals surface area contributed by atoms with Crippen molar-refractivity contribution in [2.45, 2.75) is 84.0 Å². The number of carbonyl (C=O) groups excluding carboxylic acids is 3. The highest BCUT2D eigenvalue weighted by Crippen LogP contribution is 2.41. The number of aromatic amines is 1. The van der Waals surface area contributed by atoms with Crippen LogP contribution < -0.4 is 10.6 Å². The quantitative estimate of drug-likeness (QED) is 0.669. The Morgan fingerprint density at radius 1 is 1.22 bits per heavy atom. The van der Waals surface area contributed by atoms with Gasteiger partial charge in [-0.1, -0.05) is 32.0 Å². The van der Waals surface area contributed by atoms with Gasteiger partial charge in [0.25, 0.3) is 0 Å². The fourth-order valence-electron chi connectivity index (χ4n) is 5.04. The van der Waals surface area contributed by atoms with Crippen LogP contribution in [0.2, 0.25) is 0 Å². The van der Waals surface area contributed by atoms with E-state index in [0.29, 0.717) is 18.8 Å². The van der Waals surface area contributed by atoms with E-state index in [4.69, 9.17) is 0 Å². The second-order valence-electron chi connectivity index (χ2n) is 10.6. The van der Waals surface area contributed by atoms with Crippen LogP contribution in [0.15, 0.2) is 24.3 Å². The van der Waals surface area contributed by atoms with E-state index in [2.05, 4.69) is 35.5 Å². The van der Waals surface area contributed by atoms with E-state index in [1.54, 1.807) is 4.90 Å². The molecule has 3 N–H and O–H groups in total. The van der Waals surface area contributed by atoms with Crippen LogP contribution in [0.5, 0.6) is 0 Å². The summed E-state index contributed by atoms with van der Waals surface area (Å²) in [5, 5.41) is 6.95. The molecule has 1 fully saturated rings. The SMILES string of the molecule is CC(C)C[C@H]1c2[nH]c3ccccc3c2C[C@H]2C(=O)N[C@@H](CCC(=O)NC(C)(C)C)C(=O)N21. The van der Waals surface area contributed by atoms with Crippen molar-refractivity contribution in [3.63, 3.8) is 0 Å². The van der Waals surface area contributed by atoms with E-state index in [0.717, 1.165) is 28.6 Å². The monoisotopic (exact) mass is 438 g/mol. The average Bonchev–Trinajstić information content (AvgIpc) is 3.06. The molecule has 0 aliphatic carbocycles. The van der Waals surface area contributed by atoms with E-state index in [-0.39, 0.29) is 35.7 Å². The second-order valence-corrected chi connectivity index (χ2v) is 10.6. The molecule has 0 unspecified atom stereocenters. The number of piperazine rings is 1. The van der Waals surface area contributed by atoms with Crippen LogP contribution in [-0.4, -0.2) is 45.2 Å². The number of nitrogens with one attached hydrogen (secondary N) is 3. The minimum Gasteiger partial charge on any atom is -0.356 e. The summed E-state index contributed by atoms with van der Waals surface area (Å²) in [6.45, 7) is 10.0. The standard InChI is InChI=1S/C25H34N4O3/c1-14(2)12-19-22-16(15-8-6-7-9-17(15)26-22)13-20-23(31)27-18(24(32)29(19)20)10-11-21(30)28-25(3,4)5/h6-9,14,18-20,26H,10-13H2,1-5H3,(H,27,31)(H,28,30)/t18-,19-,20-/m0/s1. The number of hydrogen-bond acceptors (Lipinski definition) is 3. The van der Waals surface area contributed by atoms with Crippen LogP contribution in [0.4, 0.5) is 0 Å². The third-order valence-electron chi connectivity index (χ3n) is 6.29. The van der Waals surface area contributed by atoms with Crippen LogP contribution in [0.1, 0.15) is 71.2 Å². The Labute approximate surface area is 189 Å². The molecule has 0 radical (unpaired) electrons. The number of carbonyl (C=O) groups is 3. The number of nitrogens with zero attached hydrogens (tertiary/aromatic N) is 1. The first-order valence-electron chi connectivity index (χ1n) is 11.6. The number of fused-ring (bicyclic) bond motifs is 4. The number of aromatic nitrogens is 1. The van der Waals surface area contributed by atoms with Crippen molar-refractivity contribution in [2.75, 3.05) is 0 Å². The molecular weight excluding hydrogens is 404 g/mol. The van der Waals surface area contributed by atoms with Gasteiger partial charge in [0.2, 0.25) is 17.7 Å². The molecule has 2 aromatic rings. The maximum absolute atomic E-state index is 13.6.